The number of alkyl carbamates (subject to hydrolysis) is 2. The summed E-state index contributed by atoms with van der Waals surface area (Å²) < 4.78 is 31.4. The highest BCUT2D eigenvalue weighted by Gasteiger charge is 2.37. The van der Waals surface area contributed by atoms with Gasteiger partial charge in [0, 0.05) is 68.6 Å². The molecular formula is C43H58ClFN6O6. The molecule has 2 aliphatic heterocycles. The summed E-state index contributed by atoms with van der Waals surface area (Å²) in [4.78, 5) is 45.8. The molecule has 3 amide bonds. The molecule has 0 aliphatic carbocycles. The van der Waals surface area contributed by atoms with E-state index < -0.39 is 23.8 Å². The minimum atomic E-state index is -0.740. The van der Waals surface area contributed by atoms with Crippen molar-refractivity contribution in [2.24, 2.45) is 5.92 Å². The fourth-order valence-corrected chi connectivity index (χ4v) is 7.40. The van der Waals surface area contributed by atoms with Gasteiger partial charge in [-0.3, -0.25) is 9.69 Å². The standard InChI is InChI=1S/C43H58ClFN6O6/c1-5-55-38-13-9-12-36(45)35(38)29-50-24-26-51(27-25-50)40(52)39(48-42(54)56-30-31-10-7-6-8-11-31)32-16-21-49(22-17-32)23-18-33-28-34(44)14-15-37(33)46-19-20-47-41(53)57-43(2,3)4/h6-15,28,32,39,46H,5,16-27,29-30H2,1-4H3,(H,47,53)(H,48,54)/t39-/m1/s1. The van der Waals surface area contributed by atoms with E-state index in [-0.39, 0.29) is 24.2 Å². The molecule has 2 aliphatic rings. The molecule has 0 unspecified atom stereocenters. The molecule has 12 nitrogen and oxygen atoms in total. The van der Waals surface area contributed by atoms with E-state index in [0.29, 0.717) is 68.8 Å². The summed E-state index contributed by atoms with van der Waals surface area (Å²) in [6.45, 7) is 13.6. The molecule has 14 heteroatoms. The summed E-state index contributed by atoms with van der Waals surface area (Å²) in [5.41, 5.74) is 2.84. The predicted molar refractivity (Wildman–Crippen MR) is 220 cm³/mol. The molecule has 3 aromatic rings. The minimum absolute atomic E-state index is 0.0795. The lowest BCUT2D eigenvalue weighted by Gasteiger charge is -2.40. The summed E-state index contributed by atoms with van der Waals surface area (Å²) in [6, 6.07) is 19.3. The van der Waals surface area contributed by atoms with Crippen molar-refractivity contribution in [2.45, 2.75) is 71.8 Å². The Bertz CT molecular complexity index is 1760. The maximum Gasteiger partial charge on any atom is 0.408 e. The van der Waals surface area contributed by atoms with E-state index in [1.807, 2.05) is 81.1 Å². The largest absolute Gasteiger partial charge is 0.493 e. The Morgan fingerprint density at radius 2 is 1.63 bits per heavy atom. The van der Waals surface area contributed by atoms with Gasteiger partial charge in [-0.05, 0) is 107 Å². The topological polar surface area (TPSA) is 125 Å². The SMILES string of the molecule is CCOc1cccc(F)c1CN1CCN(C(=O)[C@H](NC(=O)OCc2ccccc2)C2CCN(CCc3cc(Cl)ccc3NCCNC(=O)OC(C)(C)C)CC2)CC1. The molecule has 2 heterocycles. The van der Waals surface area contributed by atoms with Gasteiger partial charge in [-0.2, -0.15) is 0 Å². The van der Waals surface area contributed by atoms with E-state index in [9.17, 15) is 18.8 Å². The Labute approximate surface area is 341 Å². The number of anilines is 1. The fraction of sp³-hybridized carbons (Fsp3) is 0.512. The van der Waals surface area contributed by atoms with E-state index in [2.05, 4.69) is 25.8 Å². The Hall–Kier alpha value is -4.59. The molecule has 0 aromatic heterocycles. The number of hydrogen-bond acceptors (Lipinski definition) is 9. The van der Waals surface area contributed by atoms with Gasteiger partial charge >= 0.3 is 12.2 Å². The number of nitrogens with one attached hydrogen (secondary N) is 3. The number of hydrogen-bond donors (Lipinski definition) is 3. The molecule has 5 rings (SSSR count). The van der Waals surface area contributed by atoms with Gasteiger partial charge < -0.3 is 40.0 Å². The number of carbonyl (C=O) groups is 3. The second-order valence-corrected chi connectivity index (χ2v) is 16.0. The van der Waals surface area contributed by atoms with Crippen LogP contribution in [0.4, 0.5) is 19.7 Å². The Kier molecular flexibility index (Phi) is 16.2. The quantitative estimate of drug-likeness (QED) is 0.136. The van der Waals surface area contributed by atoms with Gasteiger partial charge in [-0.25, -0.2) is 14.0 Å². The van der Waals surface area contributed by atoms with E-state index in [4.69, 9.17) is 25.8 Å². The Balaban J connectivity index is 1.16. The molecule has 2 saturated heterocycles. The molecule has 310 valence electrons. The molecule has 3 aromatic carbocycles. The van der Waals surface area contributed by atoms with Gasteiger partial charge in [0.1, 0.15) is 29.8 Å². The maximum atomic E-state index is 14.8. The smallest absolute Gasteiger partial charge is 0.408 e. The van der Waals surface area contributed by atoms with Crippen LogP contribution >= 0.6 is 11.6 Å². The first-order valence-electron chi connectivity index (χ1n) is 20.0. The third-order valence-electron chi connectivity index (χ3n) is 10.2. The lowest BCUT2D eigenvalue weighted by Crippen LogP contribution is -2.58. The number of amides is 3. The van der Waals surface area contributed by atoms with E-state index in [1.165, 1.54) is 6.07 Å². The molecule has 3 N–H and O–H groups in total. The van der Waals surface area contributed by atoms with Crippen LogP contribution in [0.25, 0.3) is 0 Å². The monoisotopic (exact) mass is 808 g/mol. The number of benzene rings is 3. The maximum absolute atomic E-state index is 14.8. The van der Waals surface area contributed by atoms with Crippen molar-refractivity contribution in [3.63, 3.8) is 0 Å². The van der Waals surface area contributed by atoms with Crippen LogP contribution in [-0.2, 0) is 33.8 Å². The summed E-state index contributed by atoms with van der Waals surface area (Å²) in [5.74, 6) is 0.0268. The number of likely N-dealkylation sites (tertiary alicyclic amines) is 1. The number of carbonyl (C=O) groups excluding carboxylic acids is 3. The van der Waals surface area contributed by atoms with Crippen molar-refractivity contribution in [1.29, 1.82) is 0 Å². The van der Waals surface area contributed by atoms with Crippen molar-refractivity contribution >= 4 is 35.4 Å². The van der Waals surface area contributed by atoms with Crippen LogP contribution in [0.5, 0.6) is 5.75 Å². The van der Waals surface area contributed by atoms with Crippen LogP contribution < -0.4 is 20.7 Å². The number of piperazine rings is 1. The van der Waals surface area contributed by atoms with Crippen molar-refractivity contribution < 1.29 is 33.0 Å². The second-order valence-electron chi connectivity index (χ2n) is 15.5. The summed E-state index contributed by atoms with van der Waals surface area (Å²) in [5, 5.41) is 9.79. The predicted octanol–water partition coefficient (Wildman–Crippen LogP) is 6.71. The molecule has 2 fully saturated rings. The van der Waals surface area contributed by atoms with Crippen molar-refractivity contribution in [3.05, 3.63) is 94.3 Å². The molecule has 0 spiro atoms. The van der Waals surface area contributed by atoms with Crippen molar-refractivity contribution in [3.8, 4) is 5.75 Å². The number of halogens is 2. The Morgan fingerprint density at radius 1 is 0.895 bits per heavy atom. The molecule has 0 bridgehead atoms. The number of ether oxygens (including phenoxy) is 3. The first kappa shape index (κ1) is 43.5. The van der Waals surface area contributed by atoms with Crippen LogP contribution in [0.15, 0.2) is 66.7 Å². The molecule has 57 heavy (non-hydrogen) atoms. The number of piperidine rings is 1. The zero-order chi connectivity index (χ0) is 40.8. The summed E-state index contributed by atoms with van der Waals surface area (Å²) in [7, 11) is 0. The Morgan fingerprint density at radius 3 is 2.33 bits per heavy atom. The molecule has 1 atom stereocenters. The van der Waals surface area contributed by atoms with Gasteiger partial charge in [0.2, 0.25) is 5.91 Å². The molecule has 0 saturated carbocycles. The number of rotatable bonds is 16. The van der Waals surface area contributed by atoms with E-state index in [0.717, 1.165) is 55.7 Å². The highest BCUT2D eigenvalue weighted by Crippen LogP contribution is 2.27. The lowest BCUT2D eigenvalue weighted by molar-refractivity contribution is -0.137. The summed E-state index contributed by atoms with van der Waals surface area (Å²) >= 11 is 6.40. The molecule has 0 radical (unpaired) electrons. The van der Waals surface area contributed by atoms with Gasteiger partial charge in [0.25, 0.3) is 0 Å². The second kappa shape index (κ2) is 21.2. The van der Waals surface area contributed by atoms with Crippen LogP contribution in [0.2, 0.25) is 5.02 Å². The highest BCUT2D eigenvalue weighted by molar-refractivity contribution is 6.30. The van der Waals surface area contributed by atoms with E-state index in [1.54, 1.807) is 12.1 Å². The average molecular weight is 809 g/mol. The van der Waals surface area contributed by atoms with Crippen molar-refractivity contribution in [1.82, 2.24) is 25.3 Å². The van der Waals surface area contributed by atoms with Gasteiger partial charge in [-0.15, -0.1) is 0 Å². The first-order chi connectivity index (χ1) is 27.4. The molecular weight excluding hydrogens is 751 g/mol. The lowest BCUT2D eigenvalue weighted by atomic mass is 9.88. The third-order valence-corrected chi connectivity index (χ3v) is 10.4. The average Bonchev–Trinajstić information content (AvgIpc) is 3.19. The highest BCUT2D eigenvalue weighted by atomic mass is 35.5. The normalized spacial score (nSPS) is 16.1. The summed E-state index contributed by atoms with van der Waals surface area (Å²) in [6.07, 6.45) is 1.12. The van der Waals surface area contributed by atoms with Crippen LogP contribution in [0.3, 0.4) is 0 Å². The van der Waals surface area contributed by atoms with E-state index >= 15 is 0 Å². The van der Waals surface area contributed by atoms with Crippen molar-refractivity contribution in [2.75, 3.05) is 70.8 Å². The van der Waals surface area contributed by atoms with Gasteiger partial charge in [0.05, 0.1) is 6.61 Å². The van der Waals surface area contributed by atoms with Gasteiger partial charge in [0.15, 0.2) is 0 Å². The minimum Gasteiger partial charge on any atom is -0.493 e. The third kappa shape index (κ3) is 13.8. The fourth-order valence-electron chi connectivity index (χ4n) is 7.21. The zero-order valence-electron chi connectivity index (χ0n) is 33.7. The zero-order valence-corrected chi connectivity index (χ0v) is 34.4. The van der Waals surface area contributed by atoms with Crippen LogP contribution in [0, 0.1) is 11.7 Å². The number of nitrogens with zero attached hydrogens (tertiary/aromatic N) is 3. The van der Waals surface area contributed by atoms with Crippen LogP contribution in [0.1, 0.15) is 57.2 Å². The van der Waals surface area contributed by atoms with Crippen LogP contribution in [-0.4, -0.2) is 110 Å². The van der Waals surface area contributed by atoms with Gasteiger partial charge in [-0.1, -0.05) is 48.0 Å². The first-order valence-corrected chi connectivity index (χ1v) is 20.4.